The smallest absolute Gasteiger partial charge is 0.237 e. The molecule has 8 nitrogen and oxygen atoms in total. The summed E-state index contributed by atoms with van der Waals surface area (Å²) in [6.07, 6.45) is 5.44. The van der Waals surface area contributed by atoms with Gasteiger partial charge in [0.25, 0.3) is 0 Å². The third-order valence-corrected chi connectivity index (χ3v) is 4.94. The molecule has 0 spiro atoms. The molecule has 28 heavy (non-hydrogen) atoms. The molecule has 1 aliphatic rings. The van der Waals surface area contributed by atoms with Crippen LogP contribution in [0.25, 0.3) is 10.9 Å². The minimum atomic E-state index is -0.365. The summed E-state index contributed by atoms with van der Waals surface area (Å²) in [5.74, 6) is 1.71. The SMILES string of the molecule is COc1ccnc(N2CCC(Oc3cccc4c3ccn4CC(N)=O)CC2)n1. The number of carbonyl (C=O) groups excluding carboxylic acids is 1. The average Bonchev–Trinajstić information content (AvgIpc) is 3.12. The molecule has 2 N–H and O–H groups in total. The van der Waals surface area contributed by atoms with Crippen LogP contribution in [0.4, 0.5) is 5.95 Å². The van der Waals surface area contributed by atoms with Gasteiger partial charge in [-0.05, 0) is 18.2 Å². The molecule has 1 fully saturated rings. The van der Waals surface area contributed by atoms with Gasteiger partial charge >= 0.3 is 0 Å². The van der Waals surface area contributed by atoms with E-state index in [0.29, 0.717) is 11.8 Å². The highest BCUT2D eigenvalue weighted by Crippen LogP contribution is 2.29. The lowest BCUT2D eigenvalue weighted by Crippen LogP contribution is -2.39. The summed E-state index contributed by atoms with van der Waals surface area (Å²) in [6.45, 7) is 1.79. The monoisotopic (exact) mass is 381 g/mol. The number of ether oxygens (including phenoxy) is 2. The Bertz CT molecular complexity index is 979. The van der Waals surface area contributed by atoms with Crippen LogP contribution < -0.4 is 20.1 Å². The maximum Gasteiger partial charge on any atom is 0.237 e. The number of amides is 1. The van der Waals surface area contributed by atoms with Gasteiger partial charge in [-0.3, -0.25) is 4.79 Å². The number of nitrogens with zero attached hydrogens (tertiary/aromatic N) is 4. The van der Waals surface area contributed by atoms with Gasteiger partial charge in [0.2, 0.25) is 17.7 Å². The molecule has 1 saturated heterocycles. The zero-order chi connectivity index (χ0) is 19.5. The van der Waals surface area contributed by atoms with Gasteiger partial charge < -0.3 is 24.7 Å². The standard InChI is InChI=1S/C20H23N5O3/c1-27-19-5-9-22-20(23-19)24-10-6-14(7-11-24)28-17-4-2-3-16-15(17)8-12-25(16)13-18(21)26/h2-5,8-9,12,14H,6-7,10-11,13H2,1H3,(H2,21,26). The Morgan fingerprint density at radius 3 is 2.82 bits per heavy atom. The fourth-order valence-electron chi connectivity index (χ4n) is 3.56. The number of hydrogen-bond donors (Lipinski definition) is 1. The van der Waals surface area contributed by atoms with Crippen LogP contribution in [0.5, 0.6) is 11.6 Å². The van der Waals surface area contributed by atoms with Gasteiger partial charge in [-0.25, -0.2) is 4.98 Å². The molecule has 1 aromatic carbocycles. The topological polar surface area (TPSA) is 95.5 Å². The van der Waals surface area contributed by atoms with E-state index in [9.17, 15) is 4.79 Å². The van der Waals surface area contributed by atoms with E-state index in [1.54, 1.807) is 19.4 Å². The molecule has 1 aliphatic heterocycles. The summed E-state index contributed by atoms with van der Waals surface area (Å²) >= 11 is 0. The van der Waals surface area contributed by atoms with E-state index in [2.05, 4.69) is 14.9 Å². The van der Waals surface area contributed by atoms with Crippen molar-refractivity contribution in [3.63, 3.8) is 0 Å². The molecule has 8 heteroatoms. The van der Waals surface area contributed by atoms with Crippen molar-refractivity contribution in [2.75, 3.05) is 25.1 Å². The number of aromatic nitrogens is 3. The minimum Gasteiger partial charge on any atom is -0.490 e. The van der Waals surface area contributed by atoms with Crippen molar-refractivity contribution >= 4 is 22.8 Å². The van der Waals surface area contributed by atoms with Gasteiger partial charge in [0, 0.05) is 49.8 Å². The molecule has 1 amide bonds. The summed E-state index contributed by atoms with van der Waals surface area (Å²) in [4.78, 5) is 22.1. The Hall–Kier alpha value is -3.29. The molecule has 0 atom stereocenters. The summed E-state index contributed by atoms with van der Waals surface area (Å²) in [6, 6.07) is 9.58. The Morgan fingerprint density at radius 2 is 2.07 bits per heavy atom. The summed E-state index contributed by atoms with van der Waals surface area (Å²) in [5, 5.41) is 0.988. The fourth-order valence-corrected chi connectivity index (χ4v) is 3.56. The zero-order valence-electron chi connectivity index (χ0n) is 15.7. The molecule has 2 aromatic heterocycles. The lowest BCUT2D eigenvalue weighted by molar-refractivity contribution is -0.118. The van der Waals surface area contributed by atoms with Gasteiger partial charge in [-0.1, -0.05) is 6.07 Å². The number of methoxy groups -OCH3 is 1. The molecule has 0 aliphatic carbocycles. The number of fused-ring (bicyclic) bond motifs is 1. The van der Waals surface area contributed by atoms with Gasteiger partial charge in [0.1, 0.15) is 18.4 Å². The number of primary amides is 1. The van der Waals surface area contributed by atoms with Crippen molar-refractivity contribution in [3.05, 3.63) is 42.7 Å². The first-order valence-electron chi connectivity index (χ1n) is 9.29. The Kier molecular flexibility index (Phi) is 5.01. The van der Waals surface area contributed by atoms with Crippen LogP contribution in [0, 0.1) is 0 Å². The van der Waals surface area contributed by atoms with E-state index < -0.39 is 0 Å². The summed E-state index contributed by atoms with van der Waals surface area (Å²) < 4.78 is 13.3. The number of rotatable bonds is 6. The molecule has 0 unspecified atom stereocenters. The predicted molar refractivity (Wildman–Crippen MR) is 106 cm³/mol. The Morgan fingerprint density at radius 1 is 1.25 bits per heavy atom. The second-order valence-electron chi connectivity index (χ2n) is 6.80. The second kappa shape index (κ2) is 7.75. The quantitative estimate of drug-likeness (QED) is 0.701. The molecule has 0 saturated carbocycles. The normalized spacial score (nSPS) is 15.0. The van der Waals surface area contributed by atoms with E-state index >= 15 is 0 Å². The molecule has 4 rings (SSSR count). The number of benzene rings is 1. The molecule has 146 valence electrons. The van der Waals surface area contributed by atoms with Crippen molar-refractivity contribution in [2.24, 2.45) is 5.73 Å². The highest BCUT2D eigenvalue weighted by Gasteiger charge is 2.23. The van der Waals surface area contributed by atoms with Crippen LogP contribution in [-0.2, 0) is 11.3 Å². The molecule has 0 bridgehead atoms. The van der Waals surface area contributed by atoms with Crippen molar-refractivity contribution in [1.29, 1.82) is 0 Å². The van der Waals surface area contributed by atoms with Crippen LogP contribution in [0.15, 0.2) is 42.7 Å². The van der Waals surface area contributed by atoms with Gasteiger partial charge in [0.05, 0.1) is 12.6 Å². The number of carbonyl (C=O) groups is 1. The van der Waals surface area contributed by atoms with Crippen LogP contribution in [0.1, 0.15) is 12.8 Å². The van der Waals surface area contributed by atoms with Crippen molar-refractivity contribution in [3.8, 4) is 11.6 Å². The molecule has 3 aromatic rings. The van der Waals surface area contributed by atoms with Crippen LogP contribution >= 0.6 is 0 Å². The highest BCUT2D eigenvalue weighted by atomic mass is 16.5. The molecular weight excluding hydrogens is 358 g/mol. The first-order valence-corrected chi connectivity index (χ1v) is 9.29. The Labute approximate surface area is 162 Å². The predicted octanol–water partition coefficient (Wildman–Crippen LogP) is 1.97. The van der Waals surface area contributed by atoms with E-state index in [0.717, 1.165) is 42.6 Å². The first kappa shape index (κ1) is 18.1. The van der Waals surface area contributed by atoms with Gasteiger partial charge in [-0.2, -0.15) is 4.98 Å². The maximum absolute atomic E-state index is 11.2. The van der Waals surface area contributed by atoms with E-state index in [1.165, 1.54) is 0 Å². The van der Waals surface area contributed by atoms with Crippen LogP contribution in [0.2, 0.25) is 0 Å². The number of hydrogen-bond acceptors (Lipinski definition) is 6. The van der Waals surface area contributed by atoms with Gasteiger partial charge in [0.15, 0.2) is 0 Å². The van der Waals surface area contributed by atoms with E-state index in [-0.39, 0.29) is 18.6 Å². The summed E-state index contributed by atoms with van der Waals surface area (Å²) in [7, 11) is 1.60. The Balaban J connectivity index is 1.43. The number of anilines is 1. The van der Waals surface area contributed by atoms with Crippen molar-refractivity contribution in [1.82, 2.24) is 14.5 Å². The number of nitrogens with two attached hydrogens (primary N) is 1. The second-order valence-corrected chi connectivity index (χ2v) is 6.80. The lowest BCUT2D eigenvalue weighted by atomic mass is 10.1. The molecule has 3 heterocycles. The average molecular weight is 381 g/mol. The molecule has 0 radical (unpaired) electrons. The van der Waals surface area contributed by atoms with Gasteiger partial charge in [-0.15, -0.1) is 0 Å². The lowest BCUT2D eigenvalue weighted by Gasteiger charge is -2.32. The van der Waals surface area contributed by atoms with Crippen molar-refractivity contribution in [2.45, 2.75) is 25.5 Å². The van der Waals surface area contributed by atoms with E-state index in [1.807, 2.05) is 35.0 Å². The number of piperidine rings is 1. The van der Waals surface area contributed by atoms with Crippen molar-refractivity contribution < 1.29 is 14.3 Å². The molecular formula is C20H23N5O3. The third-order valence-electron chi connectivity index (χ3n) is 4.94. The van der Waals surface area contributed by atoms with Crippen LogP contribution in [-0.4, -0.2) is 46.7 Å². The third kappa shape index (κ3) is 3.71. The summed E-state index contributed by atoms with van der Waals surface area (Å²) in [5.41, 5.74) is 6.27. The largest absolute Gasteiger partial charge is 0.490 e. The fraction of sp³-hybridized carbons (Fsp3) is 0.350. The zero-order valence-corrected chi connectivity index (χ0v) is 15.7. The highest BCUT2D eigenvalue weighted by molar-refractivity contribution is 5.87. The van der Waals surface area contributed by atoms with E-state index in [4.69, 9.17) is 15.2 Å². The maximum atomic E-state index is 11.2. The first-order chi connectivity index (χ1) is 13.6. The minimum absolute atomic E-state index is 0.118. The van der Waals surface area contributed by atoms with Crippen LogP contribution in [0.3, 0.4) is 0 Å².